The minimum absolute atomic E-state index is 0.226. The van der Waals surface area contributed by atoms with Gasteiger partial charge in [0.15, 0.2) is 0 Å². The Morgan fingerprint density at radius 1 is 0.905 bits per heavy atom. The lowest BCUT2D eigenvalue weighted by molar-refractivity contribution is 0.607. The number of rotatable bonds is 7. The lowest BCUT2D eigenvalue weighted by Gasteiger charge is -2.23. The summed E-state index contributed by atoms with van der Waals surface area (Å²) in [7, 11) is 0.512. The number of para-hydroxylation sites is 1. The number of nitrogens with zero attached hydrogens (tertiary/aromatic N) is 5. The largest absolute Gasteiger partial charge is 0.378 e. The van der Waals surface area contributed by atoms with Gasteiger partial charge in [-0.1, -0.05) is 72.3 Å². The fraction of sp³-hybridized carbons (Fsp3) is 0.156. The van der Waals surface area contributed by atoms with E-state index >= 15 is 0 Å². The molecule has 1 atom stereocenters. The van der Waals surface area contributed by atoms with Gasteiger partial charge in [-0.25, -0.2) is 23.4 Å². The van der Waals surface area contributed by atoms with Crippen LogP contribution < -0.4 is 14.6 Å². The Labute approximate surface area is 250 Å². The molecule has 0 unspecified atom stereocenters. The van der Waals surface area contributed by atoms with E-state index in [4.69, 9.17) is 26.7 Å². The molecule has 0 fully saturated rings. The predicted octanol–water partition coefficient (Wildman–Crippen LogP) is 6.74. The Balaban J connectivity index is 1.53. The normalized spacial score (nSPS) is 15.1. The van der Waals surface area contributed by atoms with E-state index < -0.39 is 10.0 Å². The zero-order valence-electron chi connectivity index (χ0n) is 23.4. The molecular formula is C32H29ClN6O2S. The summed E-state index contributed by atoms with van der Waals surface area (Å²) >= 11 is 6.39. The highest BCUT2D eigenvalue weighted by Gasteiger charge is 2.33. The molecule has 0 amide bonds. The third-order valence-electron chi connectivity index (χ3n) is 7.14. The van der Waals surface area contributed by atoms with Crippen molar-refractivity contribution in [3.05, 3.63) is 113 Å². The highest BCUT2D eigenvalue weighted by Crippen LogP contribution is 2.39. The second-order valence-corrected chi connectivity index (χ2v) is 12.6. The highest BCUT2D eigenvalue weighted by atomic mass is 35.5. The van der Waals surface area contributed by atoms with Crippen LogP contribution in [-0.2, 0) is 10.0 Å². The number of nitrogens with one attached hydrogen (secondary N) is 1. The van der Waals surface area contributed by atoms with Gasteiger partial charge in [0, 0.05) is 47.7 Å². The molecule has 2 heterocycles. The summed E-state index contributed by atoms with van der Waals surface area (Å²) in [6, 6.07) is 30.9. The Morgan fingerprint density at radius 3 is 2.33 bits per heavy atom. The molecular weight excluding hydrogens is 568 g/mol. The summed E-state index contributed by atoms with van der Waals surface area (Å²) in [5, 5.41) is 8.34. The first-order chi connectivity index (χ1) is 20.2. The SMILES string of the molecule is CN(C)c1ccc([C@@H]2CC(c3ccccc3NS(C)(=O)=O)=NN2c2nc(-c3ccccc3)c3cc(Cl)ccc3n2)cc1. The fourth-order valence-electron chi connectivity index (χ4n) is 5.14. The topological polar surface area (TPSA) is 90.8 Å². The van der Waals surface area contributed by atoms with E-state index in [1.807, 2.05) is 79.8 Å². The maximum absolute atomic E-state index is 12.2. The number of anilines is 3. The summed E-state index contributed by atoms with van der Waals surface area (Å²) in [4.78, 5) is 12.1. The van der Waals surface area contributed by atoms with Crippen LogP contribution >= 0.6 is 11.6 Å². The molecule has 1 aliphatic rings. The van der Waals surface area contributed by atoms with Crippen molar-refractivity contribution in [2.75, 3.05) is 35.0 Å². The number of sulfonamides is 1. The molecule has 1 aliphatic heterocycles. The molecule has 0 aliphatic carbocycles. The number of hydrogen-bond acceptors (Lipinski definition) is 7. The van der Waals surface area contributed by atoms with Gasteiger partial charge in [0.1, 0.15) is 0 Å². The standard InChI is InChI=1S/C32H29ClN6O2S/c1-38(2)24-16-13-21(14-17-24)30-20-29(25-11-7-8-12-28(25)37-42(3,40)41)36-39(30)32-34-27-18-15-23(33)19-26(27)31(35-32)22-9-5-4-6-10-22/h4-19,30,37H,20H2,1-3H3/t30-/m0/s1. The molecule has 1 N–H and O–H groups in total. The van der Waals surface area contributed by atoms with Gasteiger partial charge in [0.25, 0.3) is 0 Å². The van der Waals surface area contributed by atoms with Gasteiger partial charge < -0.3 is 4.90 Å². The molecule has 0 bridgehead atoms. The molecule has 1 aromatic heterocycles. The third kappa shape index (κ3) is 5.66. The minimum atomic E-state index is -3.50. The zero-order chi connectivity index (χ0) is 29.4. The van der Waals surface area contributed by atoms with Gasteiger partial charge in [0.05, 0.1) is 34.9 Å². The van der Waals surface area contributed by atoms with Crippen LogP contribution in [-0.4, -0.2) is 44.4 Å². The van der Waals surface area contributed by atoms with Crippen molar-refractivity contribution >= 4 is 55.6 Å². The molecule has 0 saturated heterocycles. The van der Waals surface area contributed by atoms with Crippen LogP contribution in [0.5, 0.6) is 0 Å². The molecule has 5 aromatic rings. The summed E-state index contributed by atoms with van der Waals surface area (Å²) < 4.78 is 26.9. The summed E-state index contributed by atoms with van der Waals surface area (Å²) in [6.45, 7) is 0. The van der Waals surface area contributed by atoms with Crippen LogP contribution in [0.3, 0.4) is 0 Å². The molecule has 8 nitrogen and oxygen atoms in total. The average Bonchev–Trinajstić information content (AvgIpc) is 3.42. The number of hydrazone groups is 1. The molecule has 4 aromatic carbocycles. The Bertz CT molecular complexity index is 1910. The summed E-state index contributed by atoms with van der Waals surface area (Å²) in [5.41, 5.74) is 6.45. The number of fused-ring (bicyclic) bond motifs is 1. The van der Waals surface area contributed by atoms with E-state index in [1.54, 1.807) is 12.1 Å². The first kappa shape index (κ1) is 27.7. The van der Waals surface area contributed by atoms with Crippen LogP contribution in [0.15, 0.2) is 102 Å². The second kappa shape index (κ2) is 11.1. The van der Waals surface area contributed by atoms with Crippen LogP contribution in [0.4, 0.5) is 17.3 Å². The lowest BCUT2D eigenvalue weighted by Crippen LogP contribution is -2.21. The van der Waals surface area contributed by atoms with Crippen molar-refractivity contribution < 1.29 is 8.42 Å². The first-order valence-corrected chi connectivity index (χ1v) is 15.7. The van der Waals surface area contributed by atoms with Crippen molar-refractivity contribution in [3.63, 3.8) is 0 Å². The van der Waals surface area contributed by atoms with Gasteiger partial charge in [-0.2, -0.15) is 5.10 Å². The Morgan fingerprint density at radius 2 is 1.62 bits per heavy atom. The maximum atomic E-state index is 12.2. The van der Waals surface area contributed by atoms with E-state index in [-0.39, 0.29) is 6.04 Å². The quantitative estimate of drug-likeness (QED) is 0.224. The molecule has 0 radical (unpaired) electrons. The second-order valence-electron chi connectivity index (χ2n) is 10.4. The number of benzene rings is 4. The fourth-order valence-corrected chi connectivity index (χ4v) is 5.89. The Hall–Kier alpha value is -4.47. The van der Waals surface area contributed by atoms with E-state index in [2.05, 4.69) is 33.9 Å². The smallest absolute Gasteiger partial charge is 0.247 e. The Kier molecular flexibility index (Phi) is 7.30. The van der Waals surface area contributed by atoms with Crippen LogP contribution in [0.1, 0.15) is 23.6 Å². The van der Waals surface area contributed by atoms with Crippen molar-refractivity contribution in [1.82, 2.24) is 9.97 Å². The molecule has 0 saturated carbocycles. The van der Waals surface area contributed by atoms with Crippen LogP contribution in [0.25, 0.3) is 22.2 Å². The number of halogens is 1. The first-order valence-electron chi connectivity index (χ1n) is 13.4. The van der Waals surface area contributed by atoms with Gasteiger partial charge in [-0.15, -0.1) is 0 Å². The van der Waals surface area contributed by atoms with Gasteiger partial charge in [-0.3, -0.25) is 4.72 Å². The van der Waals surface area contributed by atoms with Crippen molar-refractivity contribution in [1.29, 1.82) is 0 Å². The van der Waals surface area contributed by atoms with E-state index in [9.17, 15) is 8.42 Å². The molecule has 0 spiro atoms. The van der Waals surface area contributed by atoms with Crippen LogP contribution in [0, 0.1) is 0 Å². The van der Waals surface area contributed by atoms with Crippen molar-refractivity contribution in [2.45, 2.75) is 12.5 Å². The monoisotopic (exact) mass is 596 g/mol. The molecule has 6 rings (SSSR count). The van der Waals surface area contributed by atoms with E-state index in [0.29, 0.717) is 28.6 Å². The minimum Gasteiger partial charge on any atom is -0.378 e. The average molecular weight is 597 g/mol. The van der Waals surface area contributed by atoms with Crippen molar-refractivity contribution in [2.24, 2.45) is 5.10 Å². The van der Waals surface area contributed by atoms with Gasteiger partial charge in [-0.05, 0) is 42.0 Å². The number of aromatic nitrogens is 2. The highest BCUT2D eigenvalue weighted by molar-refractivity contribution is 7.92. The molecule has 10 heteroatoms. The van der Waals surface area contributed by atoms with E-state index in [1.165, 1.54) is 0 Å². The molecule has 212 valence electrons. The van der Waals surface area contributed by atoms with Crippen molar-refractivity contribution in [3.8, 4) is 11.3 Å². The van der Waals surface area contributed by atoms with Crippen LogP contribution in [0.2, 0.25) is 5.02 Å². The zero-order valence-corrected chi connectivity index (χ0v) is 24.9. The molecule has 42 heavy (non-hydrogen) atoms. The summed E-state index contributed by atoms with van der Waals surface area (Å²) in [5.74, 6) is 0.439. The maximum Gasteiger partial charge on any atom is 0.247 e. The summed E-state index contributed by atoms with van der Waals surface area (Å²) in [6.07, 6.45) is 1.66. The number of hydrogen-bond donors (Lipinski definition) is 1. The van der Waals surface area contributed by atoms with Gasteiger partial charge in [0.2, 0.25) is 16.0 Å². The third-order valence-corrected chi connectivity index (χ3v) is 7.96. The van der Waals surface area contributed by atoms with Gasteiger partial charge >= 0.3 is 0 Å². The lowest BCUT2D eigenvalue weighted by atomic mass is 9.97. The predicted molar refractivity (Wildman–Crippen MR) is 172 cm³/mol. The van der Waals surface area contributed by atoms with E-state index in [0.717, 1.165) is 45.4 Å².